The fraction of sp³-hybridized carbons (Fsp3) is 0.0556. The molecule has 0 atom stereocenters. The lowest BCUT2D eigenvalue weighted by Crippen LogP contribution is -1.94. The number of hydrogen-bond donors (Lipinski definition) is 1. The molecule has 7 aromatic rings. The average Bonchev–Trinajstić information content (AvgIpc) is 3.36. The minimum atomic E-state index is 0.809. The minimum absolute atomic E-state index is 0.809. The van der Waals surface area contributed by atoms with Gasteiger partial charge >= 0.3 is 0 Å². The van der Waals surface area contributed by atoms with Gasteiger partial charge in [-0.05, 0) is 92.4 Å². The number of benzene rings is 6. The van der Waals surface area contributed by atoms with Crippen molar-refractivity contribution in [3.05, 3.63) is 121 Å². The molecule has 0 saturated heterocycles. The zero-order valence-electron chi connectivity index (χ0n) is 20.9. The lowest BCUT2D eigenvalue weighted by atomic mass is 9.88. The monoisotopic (exact) mass is 503 g/mol. The van der Waals surface area contributed by atoms with Crippen molar-refractivity contribution in [2.24, 2.45) is 0 Å². The van der Waals surface area contributed by atoms with Crippen LogP contribution in [0.15, 0.2) is 115 Å². The fourth-order valence-electron chi connectivity index (χ4n) is 6.33. The molecule has 2 N–H and O–H groups in total. The van der Waals surface area contributed by atoms with Crippen molar-refractivity contribution in [3.8, 4) is 11.1 Å². The van der Waals surface area contributed by atoms with Gasteiger partial charge in [-0.2, -0.15) is 0 Å². The van der Waals surface area contributed by atoms with Crippen LogP contribution in [0.2, 0.25) is 0 Å². The van der Waals surface area contributed by atoms with Crippen LogP contribution in [0.1, 0.15) is 18.4 Å². The van der Waals surface area contributed by atoms with Crippen LogP contribution in [0.25, 0.3) is 69.2 Å². The van der Waals surface area contributed by atoms with Crippen molar-refractivity contribution in [1.29, 1.82) is 0 Å². The highest BCUT2D eigenvalue weighted by Gasteiger charge is 2.19. The molecule has 1 aliphatic carbocycles. The predicted octanol–water partition coefficient (Wildman–Crippen LogP) is 10.5. The molecule has 0 bridgehead atoms. The van der Waals surface area contributed by atoms with Gasteiger partial charge in [-0.15, -0.1) is 11.3 Å². The topological polar surface area (TPSA) is 26.0 Å². The first-order valence-corrected chi connectivity index (χ1v) is 14.0. The SMILES string of the molecule is Nc1cc(C2=CC=CCC2)cc(-c2cc3c4ccccc4c4ccccc4c3c3sc4ccccc4c23)c1. The number of fused-ring (bicyclic) bond motifs is 10. The van der Waals surface area contributed by atoms with Gasteiger partial charge in [0.1, 0.15) is 0 Å². The Bertz CT molecular complexity index is 2140. The van der Waals surface area contributed by atoms with E-state index in [1.165, 1.54) is 74.8 Å². The van der Waals surface area contributed by atoms with Crippen molar-refractivity contribution in [1.82, 2.24) is 0 Å². The van der Waals surface area contributed by atoms with Crippen molar-refractivity contribution in [3.63, 3.8) is 0 Å². The van der Waals surface area contributed by atoms with E-state index in [1.807, 2.05) is 11.3 Å². The first kappa shape index (κ1) is 21.7. The van der Waals surface area contributed by atoms with E-state index in [0.717, 1.165) is 18.5 Å². The largest absolute Gasteiger partial charge is 0.399 e. The van der Waals surface area contributed by atoms with Crippen molar-refractivity contribution >= 4 is 75.1 Å². The maximum atomic E-state index is 6.57. The van der Waals surface area contributed by atoms with E-state index >= 15 is 0 Å². The first-order valence-electron chi connectivity index (χ1n) is 13.2. The van der Waals surface area contributed by atoms with E-state index in [0.29, 0.717) is 0 Å². The molecule has 1 nitrogen and oxygen atoms in total. The molecule has 180 valence electrons. The van der Waals surface area contributed by atoms with Crippen LogP contribution < -0.4 is 5.73 Å². The van der Waals surface area contributed by atoms with Crippen LogP contribution in [-0.4, -0.2) is 0 Å². The molecule has 0 fully saturated rings. The smallest absolute Gasteiger partial charge is 0.0446 e. The Hall–Kier alpha value is -4.40. The molecular weight excluding hydrogens is 478 g/mol. The molecule has 0 saturated carbocycles. The number of hydrogen-bond acceptors (Lipinski definition) is 2. The molecule has 1 heterocycles. The summed E-state index contributed by atoms with van der Waals surface area (Å²) in [5.74, 6) is 0. The van der Waals surface area contributed by atoms with E-state index < -0.39 is 0 Å². The number of thiophene rings is 1. The molecule has 0 radical (unpaired) electrons. The summed E-state index contributed by atoms with van der Waals surface area (Å²) in [7, 11) is 0. The van der Waals surface area contributed by atoms with Crippen LogP contribution >= 0.6 is 11.3 Å². The highest BCUT2D eigenvalue weighted by Crippen LogP contribution is 2.48. The number of allylic oxidation sites excluding steroid dienone is 4. The zero-order valence-corrected chi connectivity index (χ0v) is 21.7. The summed E-state index contributed by atoms with van der Waals surface area (Å²) >= 11 is 1.91. The summed E-state index contributed by atoms with van der Waals surface area (Å²) in [6, 6.07) is 35.6. The van der Waals surface area contributed by atoms with Crippen LogP contribution in [0.5, 0.6) is 0 Å². The molecule has 8 rings (SSSR count). The summed E-state index contributed by atoms with van der Waals surface area (Å²) < 4.78 is 2.67. The minimum Gasteiger partial charge on any atom is -0.399 e. The Balaban J connectivity index is 1.58. The third kappa shape index (κ3) is 3.17. The molecule has 2 heteroatoms. The highest BCUT2D eigenvalue weighted by atomic mass is 32.1. The van der Waals surface area contributed by atoms with Crippen LogP contribution in [-0.2, 0) is 0 Å². The van der Waals surface area contributed by atoms with Crippen LogP contribution in [0.3, 0.4) is 0 Å². The second-order valence-corrected chi connectivity index (χ2v) is 11.3. The lowest BCUT2D eigenvalue weighted by molar-refractivity contribution is 1.05. The standard InChI is InChI=1S/C36H25NS/c37-25-19-23(22-10-2-1-3-11-22)18-24(20-25)31-21-32-28-14-5-4-12-26(28)27-13-6-7-15-29(27)34(32)36-35(31)30-16-8-9-17-33(30)38-36/h1-2,4-10,12-21H,3,11,37H2. The normalized spacial score (nSPS) is 13.7. The molecule has 0 unspecified atom stereocenters. The molecule has 0 spiro atoms. The van der Waals surface area contributed by atoms with Crippen molar-refractivity contribution < 1.29 is 0 Å². The number of nitrogen functional groups attached to an aromatic ring is 1. The van der Waals surface area contributed by atoms with Crippen LogP contribution in [0, 0.1) is 0 Å². The molecule has 0 amide bonds. The maximum absolute atomic E-state index is 6.57. The predicted molar refractivity (Wildman–Crippen MR) is 168 cm³/mol. The maximum Gasteiger partial charge on any atom is 0.0446 e. The van der Waals surface area contributed by atoms with Gasteiger partial charge in [0.15, 0.2) is 0 Å². The Morgan fingerprint density at radius 2 is 1.26 bits per heavy atom. The van der Waals surface area contributed by atoms with Gasteiger partial charge in [0.2, 0.25) is 0 Å². The quantitative estimate of drug-likeness (QED) is 0.184. The summed E-state index contributed by atoms with van der Waals surface area (Å²) in [6.07, 6.45) is 8.75. The molecule has 1 aromatic heterocycles. The summed E-state index contributed by atoms with van der Waals surface area (Å²) in [6.45, 7) is 0. The molecule has 0 aliphatic heterocycles. The molecule has 1 aliphatic rings. The van der Waals surface area contributed by atoms with E-state index in [2.05, 4.69) is 115 Å². The van der Waals surface area contributed by atoms with E-state index in [-0.39, 0.29) is 0 Å². The van der Waals surface area contributed by atoms with Gasteiger partial charge in [-0.25, -0.2) is 0 Å². The highest BCUT2D eigenvalue weighted by molar-refractivity contribution is 7.27. The summed E-state index contributed by atoms with van der Waals surface area (Å²) in [5, 5.41) is 10.5. The summed E-state index contributed by atoms with van der Waals surface area (Å²) in [5.41, 5.74) is 12.4. The van der Waals surface area contributed by atoms with Gasteiger partial charge in [0, 0.05) is 31.2 Å². The van der Waals surface area contributed by atoms with Gasteiger partial charge in [0.25, 0.3) is 0 Å². The molecular formula is C36H25NS. The Morgan fingerprint density at radius 1 is 0.605 bits per heavy atom. The lowest BCUT2D eigenvalue weighted by Gasteiger charge is -2.16. The number of nitrogens with two attached hydrogens (primary N) is 1. The van der Waals surface area contributed by atoms with Crippen LogP contribution in [0.4, 0.5) is 5.69 Å². The first-order chi connectivity index (χ1) is 18.8. The van der Waals surface area contributed by atoms with E-state index in [9.17, 15) is 0 Å². The Kier molecular flexibility index (Phi) is 4.74. The second kappa shape index (κ2) is 8.31. The average molecular weight is 504 g/mol. The summed E-state index contributed by atoms with van der Waals surface area (Å²) in [4.78, 5) is 0. The van der Waals surface area contributed by atoms with Gasteiger partial charge < -0.3 is 5.73 Å². The third-order valence-electron chi connectivity index (χ3n) is 8.00. The number of anilines is 1. The van der Waals surface area contributed by atoms with E-state index in [4.69, 9.17) is 5.73 Å². The third-order valence-corrected chi connectivity index (χ3v) is 9.19. The molecule has 6 aromatic carbocycles. The Morgan fingerprint density at radius 3 is 2.03 bits per heavy atom. The molecule has 38 heavy (non-hydrogen) atoms. The fourth-order valence-corrected chi connectivity index (χ4v) is 7.62. The second-order valence-electron chi connectivity index (χ2n) is 10.2. The number of rotatable bonds is 2. The van der Waals surface area contributed by atoms with Crippen molar-refractivity contribution in [2.45, 2.75) is 12.8 Å². The van der Waals surface area contributed by atoms with Gasteiger partial charge in [-0.3, -0.25) is 0 Å². The van der Waals surface area contributed by atoms with Gasteiger partial charge in [0.05, 0.1) is 0 Å². The Labute approximate surface area is 225 Å². The van der Waals surface area contributed by atoms with Crippen molar-refractivity contribution in [2.75, 3.05) is 5.73 Å². The van der Waals surface area contributed by atoms with E-state index in [1.54, 1.807) is 0 Å². The van der Waals surface area contributed by atoms with Gasteiger partial charge in [-0.1, -0.05) is 85.0 Å². The zero-order chi connectivity index (χ0) is 25.2.